The number of hydrogen-bond acceptors (Lipinski definition) is 5. The highest BCUT2D eigenvalue weighted by molar-refractivity contribution is 6.63. The highest BCUT2D eigenvalue weighted by Gasteiger charge is 2.33. The molecule has 1 heterocycles. The lowest BCUT2D eigenvalue weighted by Crippen LogP contribution is -2.33. The number of nitrogens with one attached hydrogen (secondary N) is 1. The molecule has 2 rings (SSSR count). The quantitative estimate of drug-likeness (QED) is 0.519. The lowest BCUT2D eigenvalue weighted by molar-refractivity contribution is -0.107. The van der Waals surface area contributed by atoms with Crippen LogP contribution >= 0.6 is 0 Å². The van der Waals surface area contributed by atoms with Crippen molar-refractivity contribution in [1.82, 2.24) is 5.32 Å². The first kappa shape index (κ1) is 12.6. The Morgan fingerprint density at radius 2 is 2.44 bits per heavy atom. The Morgan fingerprint density at radius 3 is 3.11 bits per heavy atom. The van der Waals surface area contributed by atoms with Crippen LogP contribution in [0.25, 0.3) is 0 Å². The van der Waals surface area contributed by atoms with E-state index in [2.05, 4.69) is 5.32 Å². The highest BCUT2D eigenvalue weighted by atomic mass is 16.5. The minimum absolute atomic E-state index is 0.0713. The first-order valence-electron chi connectivity index (χ1n) is 5.40. The van der Waals surface area contributed by atoms with Crippen molar-refractivity contribution in [2.45, 2.75) is 6.61 Å². The minimum Gasteiger partial charge on any atom is -0.496 e. The van der Waals surface area contributed by atoms with Crippen molar-refractivity contribution in [3.05, 3.63) is 23.3 Å². The molecule has 0 aromatic heterocycles. The number of aldehydes is 1. The van der Waals surface area contributed by atoms with Gasteiger partial charge in [0.15, 0.2) is 0 Å². The Morgan fingerprint density at radius 1 is 1.67 bits per heavy atom. The number of rotatable bonds is 4. The van der Waals surface area contributed by atoms with E-state index < -0.39 is 13.0 Å². The summed E-state index contributed by atoms with van der Waals surface area (Å²) >= 11 is 0. The molecule has 1 aliphatic heterocycles. The Bertz CT molecular complexity index is 491. The van der Waals surface area contributed by atoms with Crippen LogP contribution < -0.4 is 15.5 Å². The maximum Gasteiger partial charge on any atom is 0.495 e. The maximum atomic E-state index is 11.8. The average Bonchev–Trinajstić information content (AvgIpc) is 2.77. The number of amides is 1. The monoisotopic (exact) mass is 249 g/mol. The van der Waals surface area contributed by atoms with Crippen molar-refractivity contribution in [3.8, 4) is 5.75 Å². The fraction of sp³-hybridized carbons (Fsp3) is 0.273. The molecule has 1 aromatic carbocycles. The SMILES string of the molecule is COc1c(C(=O)NCC=O)ccc2c1B(O)OC2. The zero-order valence-electron chi connectivity index (χ0n) is 9.80. The molecular formula is C11H12BNO5. The van der Waals surface area contributed by atoms with Crippen molar-refractivity contribution >= 4 is 24.8 Å². The molecule has 2 N–H and O–H groups in total. The second-order valence-electron chi connectivity index (χ2n) is 3.76. The number of benzene rings is 1. The standard InChI is InChI=1S/C11H12BNO5/c1-17-10-8(11(15)13-4-5-14)3-2-7-6-18-12(16)9(7)10/h2-3,5,16H,4,6H2,1H3,(H,13,15). The molecule has 6 nitrogen and oxygen atoms in total. The third-order valence-electron chi connectivity index (χ3n) is 2.72. The molecule has 1 aromatic rings. The Labute approximate surface area is 104 Å². The van der Waals surface area contributed by atoms with Crippen molar-refractivity contribution in [2.75, 3.05) is 13.7 Å². The number of ether oxygens (including phenoxy) is 1. The molecule has 0 unspecified atom stereocenters. The summed E-state index contributed by atoms with van der Waals surface area (Å²) in [6.07, 6.45) is 0.593. The minimum atomic E-state index is -1.09. The van der Waals surface area contributed by atoms with Crippen molar-refractivity contribution in [2.24, 2.45) is 0 Å². The lowest BCUT2D eigenvalue weighted by Gasteiger charge is -2.12. The van der Waals surface area contributed by atoms with Gasteiger partial charge in [0.05, 0.1) is 25.8 Å². The van der Waals surface area contributed by atoms with E-state index in [0.29, 0.717) is 11.7 Å². The summed E-state index contributed by atoms with van der Waals surface area (Å²) < 4.78 is 10.2. The van der Waals surface area contributed by atoms with E-state index in [-0.39, 0.29) is 24.5 Å². The number of fused-ring (bicyclic) bond motifs is 1. The smallest absolute Gasteiger partial charge is 0.495 e. The summed E-state index contributed by atoms with van der Waals surface area (Å²) in [5, 5.41) is 12.1. The molecule has 1 amide bonds. The lowest BCUT2D eigenvalue weighted by atomic mass is 9.77. The van der Waals surface area contributed by atoms with E-state index in [1.165, 1.54) is 7.11 Å². The second kappa shape index (κ2) is 5.20. The van der Waals surface area contributed by atoms with Crippen LogP contribution in [-0.4, -0.2) is 38.0 Å². The van der Waals surface area contributed by atoms with Gasteiger partial charge < -0.3 is 24.5 Å². The summed E-state index contributed by atoms with van der Waals surface area (Å²) in [6, 6.07) is 3.28. The zero-order valence-corrected chi connectivity index (χ0v) is 9.80. The number of methoxy groups -OCH3 is 1. The predicted octanol–water partition coefficient (Wildman–Crippen LogP) is -1.16. The van der Waals surface area contributed by atoms with Crippen LogP contribution in [0.4, 0.5) is 0 Å². The number of carbonyl (C=O) groups excluding carboxylic acids is 2. The van der Waals surface area contributed by atoms with Gasteiger partial charge in [0.2, 0.25) is 0 Å². The van der Waals surface area contributed by atoms with Gasteiger partial charge in [0, 0.05) is 5.46 Å². The van der Waals surface area contributed by atoms with Crippen LogP contribution in [-0.2, 0) is 16.1 Å². The van der Waals surface area contributed by atoms with Crippen LogP contribution in [0.15, 0.2) is 12.1 Å². The van der Waals surface area contributed by atoms with Crippen LogP contribution in [0.1, 0.15) is 15.9 Å². The van der Waals surface area contributed by atoms with Gasteiger partial charge in [-0.3, -0.25) is 4.79 Å². The number of carbonyl (C=O) groups is 2. The number of hydrogen-bond donors (Lipinski definition) is 2. The van der Waals surface area contributed by atoms with E-state index in [1.54, 1.807) is 12.1 Å². The second-order valence-corrected chi connectivity index (χ2v) is 3.76. The van der Waals surface area contributed by atoms with Gasteiger partial charge in [0.25, 0.3) is 5.91 Å². The highest BCUT2D eigenvalue weighted by Crippen LogP contribution is 2.23. The van der Waals surface area contributed by atoms with Gasteiger partial charge in [-0.05, 0) is 11.6 Å². The Balaban J connectivity index is 2.40. The predicted molar refractivity (Wildman–Crippen MR) is 63.8 cm³/mol. The average molecular weight is 249 g/mol. The van der Waals surface area contributed by atoms with E-state index in [4.69, 9.17) is 9.39 Å². The molecule has 0 bridgehead atoms. The molecular weight excluding hydrogens is 237 g/mol. The largest absolute Gasteiger partial charge is 0.496 e. The van der Waals surface area contributed by atoms with E-state index in [1.807, 2.05) is 0 Å². The van der Waals surface area contributed by atoms with Crippen molar-refractivity contribution in [3.63, 3.8) is 0 Å². The van der Waals surface area contributed by atoms with E-state index >= 15 is 0 Å². The molecule has 0 aliphatic carbocycles. The molecule has 94 valence electrons. The zero-order chi connectivity index (χ0) is 13.1. The Hall–Kier alpha value is -1.86. The molecule has 0 saturated heterocycles. The van der Waals surface area contributed by atoms with Crippen LogP contribution in [0.2, 0.25) is 0 Å². The summed E-state index contributed by atoms with van der Waals surface area (Å²) in [5.74, 6) is -0.151. The molecule has 0 fully saturated rings. The molecule has 0 radical (unpaired) electrons. The topological polar surface area (TPSA) is 84.9 Å². The Kier molecular flexibility index (Phi) is 3.64. The van der Waals surface area contributed by atoms with Gasteiger partial charge in [0.1, 0.15) is 12.0 Å². The fourth-order valence-electron chi connectivity index (χ4n) is 1.92. The van der Waals surface area contributed by atoms with Gasteiger partial charge in [-0.25, -0.2) is 0 Å². The first-order chi connectivity index (χ1) is 8.69. The van der Waals surface area contributed by atoms with E-state index in [0.717, 1.165) is 5.56 Å². The maximum absolute atomic E-state index is 11.8. The van der Waals surface area contributed by atoms with Crippen LogP contribution in [0.5, 0.6) is 5.75 Å². The molecule has 0 saturated carbocycles. The first-order valence-corrected chi connectivity index (χ1v) is 5.40. The normalized spacial score (nSPS) is 13.1. The summed E-state index contributed by atoms with van der Waals surface area (Å²) in [7, 11) is 0.325. The van der Waals surface area contributed by atoms with Gasteiger partial charge in [-0.2, -0.15) is 0 Å². The molecule has 18 heavy (non-hydrogen) atoms. The molecule has 1 aliphatic rings. The van der Waals surface area contributed by atoms with Crippen molar-refractivity contribution in [1.29, 1.82) is 0 Å². The summed E-state index contributed by atoms with van der Waals surface area (Å²) in [4.78, 5) is 22.0. The van der Waals surface area contributed by atoms with Crippen LogP contribution in [0, 0.1) is 0 Å². The molecule has 7 heteroatoms. The van der Waals surface area contributed by atoms with E-state index in [9.17, 15) is 14.6 Å². The molecule has 0 spiro atoms. The summed E-state index contributed by atoms with van der Waals surface area (Å²) in [6.45, 7) is 0.210. The third kappa shape index (κ3) is 2.10. The van der Waals surface area contributed by atoms with Crippen LogP contribution in [0.3, 0.4) is 0 Å². The molecule has 0 atom stereocenters. The van der Waals surface area contributed by atoms with Crippen molar-refractivity contribution < 1.29 is 24.0 Å². The van der Waals surface area contributed by atoms with Gasteiger partial charge in [-0.1, -0.05) is 6.07 Å². The van der Waals surface area contributed by atoms with Gasteiger partial charge >= 0.3 is 7.12 Å². The fourth-order valence-corrected chi connectivity index (χ4v) is 1.92. The summed E-state index contributed by atoms with van der Waals surface area (Å²) in [5.41, 5.74) is 1.52. The third-order valence-corrected chi connectivity index (χ3v) is 2.72. The van der Waals surface area contributed by atoms with Gasteiger partial charge in [-0.15, -0.1) is 0 Å².